The monoisotopic (exact) mass is 358 g/mol. The van der Waals surface area contributed by atoms with Crippen LogP contribution < -0.4 is 10.6 Å². The Morgan fingerprint density at radius 3 is 2.44 bits per heavy atom. The van der Waals surface area contributed by atoms with E-state index in [-0.39, 0.29) is 29.5 Å². The number of nitrogens with zero attached hydrogens (tertiary/aromatic N) is 1. The molecule has 0 atom stereocenters. The topological polar surface area (TPSA) is 87.1 Å². The summed E-state index contributed by atoms with van der Waals surface area (Å²) in [6, 6.07) is 0.677. The highest BCUT2D eigenvalue weighted by Gasteiger charge is 2.36. The van der Waals surface area contributed by atoms with Crippen molar-refractivity contribution in [3.63, 3.8) is 0 Å². The maximum absolute atomic E-state index is 13.4. The van der Waals surface area contributed by atoms with Gasteiger partial charge < -0.3 is 15.5 Å². The van der Waals surface area contributed by atoms with E-state index in [0.29, 0.717) is 6.07 Å². The first kappa shape index (κ1) is 20.5. The summed E-state index contributed by atoms with van der Waals surface area (Å²) in [5.41, 5.74) is -2.58. The first-order valence-electron chi connectivity index (χ1n) is 7.37. The molecule has 0 spiro atoms. The fourth-order valence-corrected chi connectivity index (χ4v) is 1.92. The van der Waals surface area contributed by atoms with E-state index in [1.54, 1.807) is 20.8 Å². The molecule has 0 aliphatic rings. The molecule has 0 fully saturated rings. The van der Waals surface area contributed by atoms with Crippen molar-refractivity contribution in [1.29, 1.82) is 5.41 Å². The highest BCUT2D eigenvalue weighted by Crippen LogP contribution is 2.36. The fraction of sp³-hybridized carbons (Fsp3) is 0.438. The first-order valence-corrected chi connectivity index (χ1v) is 7.37. The third-order valence-corrected chi connectivity index (χ3v) is 2.74. The van der Waals surface area contributed by atoms with Crippen molar-refractivity contribution in [2.45, 2.75) is 39.5 Å². The Kier molecular flexibility index (Phi) is 6.17. The Hall–Kier alpha value is -2.58. The van der Waals surface area contributed by atoms with Crippen molar-refractivity contribution < 1.29 is 22.7 Å². The summed E-state index contributed by atoms with van der Waals surface area (Å²) >= 11 is 0. The van der Waals surface area contributed by atoms with Crippen LogP contribution in [0.4, 0.5) is 29.6 Å². The van der Waals surface area contributed by atoms with Gasteiger partial charge in [0.05, 0.1) is 5.56 Å². The largest absolute Gasteiger partial charge is 0.444 e. The molecular weight excluding hydrogens is 337 g/mol. The zero-order chi connectivity index (χ0) is 19.4. The second-order valence-electron chi connectivity index (χ2n) is 6.20. The molecule has 0 saturated carbocycles. The summed E-state index contributed by atoms with van der Waals surface area (Å²) in [4.78, 5) is 15.8. The molecule has 1 amide bonds. The number of halogens is 3. The zero-order valence-corrected chi connectivity index (χ0v) is 14.5. The van der Waals surface area contributed by atoms with Crippen LogP contribution in [-0.2, 0) is 10.9 Å². The van der Waals surface area contributed by atoms with E-state index in [1.165, 1.54) is 13.0 Å². The number of rotatable bonds is 5. The van der Waals surface area contributed by atoms with Gasteiger partial charge in [-0.15, -0.1) is 6.58 Å². The van der Waals surface area contributed by atoms with E-state index in [1.807, 2.05) is 0 Å². The number of anilines is 2. The smallest absolute Gasteiger partial charge is 0.417 e. The van der Waals surface area contributed by atoms with Crippen LogP contribution in [0.15, 0.2) is 18.7 Å². The quantitative estimate of drug-likeness (QED) is 0.537. The molecule has 25 heavy (non-hydrogen) atoms. The van der Waals surface area contributed by atoms with Gasteiger partial charge in [0.1, 0.15) is 17.2 Å². The van der Waals surface area contributed by atoms with Crippen molar-refractivity contribution in [2.24, 2.45) is 0 Å². The van der Waals surface area contributed by atoms with E-state index >= 15 is 0 Å². The molecule has 0 bridgehead atoms. The summed E-state index contributed by atoms with van der Waals surface area (Å²) in [6.45, 7) is 9.72. The van der Waals surface area contributed by atoms with E-state index in [2.05, 4.69) is 22.2 Å². The fourth-order valence-electron chi connectivity index (χ4n) is 1.92. The van der Waals surface area contributed by atoms with Crippen LogP contribution in [0.2, 0.25) is 0 Å². The Labute approximate surface area is 144 Å². The predicted octanol–water partition coefficient (Wildman–Crippen LogP) is 4.43. The average Bonchev–Trinajstić information content (AvgIpc) is 2.40. The van der Waals surface area contributed by atoms with E-state index in [4.69, 9.17) is 10.1 Å². The van der Waals surface area contributed by atoms with Gasteiger partial charge in [-0.2, -0.15) is 13.2 Å². The summed E-state index contributed by atoms with van der Waals surface area (Å²) in [6.07, 6.45) is -4.22. The second kappa shape index (κ2) is 7.54. The Bertz CT molecular complexity index is 679. The normalized spacial score (nSPS) is 11.6. The van der Waals surface area contributed by atoms with Crippen LogP contribution >= 0.6 is 0 Å². The number of carbonyl (C=O) groups is 1. The number of ether oxygens (including phenoxy) is 1. The average molecular weight is 358 g/mol. The van der Waals surface area contributed by atoms with Gasteiger partial charge in [0.25, 0.3) is 0 Å². The van der Waals surface area contributed by atoms with Crippen LogP contribution in [0, 0.1) is 5.41 Å². The van der Waals surface area contributed by atoms with Crippen molar-refractivity contribution >= 4 is 23.4 Å². The number of carbonyl (C=O) groups excluding carboxylic acids is 1. The van der Waals surface area contributed by atoms with Crippen LogP contribution in [0.3, 0.4) is 0 Å². The minimum atomic E-state index is -4.73. The molecule has 0 aliphatic heterocycles. The minimum Gasteiger partial charge on any atom is -0.444 e. The molecule has 0 unspecified atom stereocenters. The number of hydrogen-bond donors (Lipinski definition) is 3. The van der Waals surface area contributed by atoms with Gasteiger partial charge in [0.15, 0.2) is 0 Å². The van der Waals surface area contributed by atoms with Crippen molar-refractivity contribution in [3.05, 3.63) is 29.8 Å². The predicted molar refractivity (Wildman–Crippen MR) is 90.3 cm³/mol. The van der Waals surface area contributed by atoms with Crippen LogP contribution in [0.5, 0.6) is 0 Å². The van der Waals surface area contributed by atoms with Crippen LogP contribution in [0.1, 0.15) is 38.8 Å². The first-order chi connectivity index (χ1) is 11.3. The third kappa shape index (κ3) is 6.09. The van der Waals surface area contributed by atoms with Gasteiger partial charge >= 0.3 is 12.3 Å². The number of pyridine rings is 1. The lowest BCUT2D eigenvalue weighted by atomic mass is 10.0. The molecule has 9 heteroatoms. The molecule has 1 heterocycles. The number of aromatic nitrogens is 1. The molecule has 0 saturated heterocycles. The number of alkyl halides is 3. The molecule has 0 radical (unpaired) electrons. The molecule has 1 rings (SSSR count). The number of amides is 1. The van der Waals surface area contributed by atoms with E-state index < -0.39 is 23.4 Å². The lowest BCUT2D eigenvalue weighted by molar-refractivity contribution is -0.137. The lowest BCUT2D eigenvalue weighted by Gasteiger charge is -2.21. The van der Waals surface area contributed by atoms with Crippen LogP contribution in [-0.4, -0.2) is 28.9 Å². The molecule has 1 aromatic heterocycles. The Morgan fingerprint density at radius 1 is 1.40 bits per heavy atom. The minimum absolute atomic E-state index is 0.139. The maximum atomic E-state index is 13.4. The molecule has 138 valence electrons. The van der Waals surface area contributed by atoms with Crippen molar-refractivity contribution in [1.82, 2.24) is 4.98 Å². The summed E-state index contributed by atoms with van der Waals surface area (Å²) in [5.74, 6) is -0.508. The van der Waals surface area contributed by atoms with Gasteiger partial charge in [-0.1, -0.05) is 6.08 Å². The summed E-state index contributed by atoms with van der Waals surface area (Å²) < 4.78 is 45.2. The van der Waals surface area contributed by atoms with Crippen LogP contribution in [0.25, 0.3) is 0 Å². The summed E-state index contributed by atoms with van der Waals surface area (Å²) in [7, 11) is 0. The van der Waals surface area contributed by atoms with Crippen molar-refractivity contribution in [3.8, 4) is 0 Å². The van der Waals surface area contributed by atoms with Gasteiger partial charge in [0, 0.05) is 17.8 Å². The molecule has 3 N–H and O–H groups in total. The zero-order valence-electron chi connectivity index (χ0n) is 14.5. The molecule has 6 nitrogen and oxygen atoms in total. The van der Waals surface area contributed by atoms with E-state index in [9.17, 15) is 18.0 Å². The number of hydrogen-bond acceptors (Lipinski definition) is 5. The molecule has 0 aromatic carbocycles. The standard InChI is InChI=1S/C16H21F3N4O2/c1-6-7-21-13-12(9(2)20)10(16(17,18)19)8-11(22-13)23-14(24)25-15(3,4)5/h6,8,20H,1,7H2,2-5H3,(H2,21,22,23,24). The third-order valence-electron chi connectivity index (χ3n) is 2.74. The highest BCUT2D eigenvalue weighted by molar-refractivity contribution is 6.03. The SMILES string of the molecule is C=CCNc1nc(NC(=O)OC(C)(C)C)cc(C(F)(F)F)c1C(C)=N. The number of nitrogens with one attached hydrogen (secondary N) is 3. The Balaban J connectivity index is 3.38. The lowest BCUT2D eigenvalue weighted by Crippen LogP contribution is -2.28. The maximum Gasteiger partial charge on any atom is 0.417 e. The highest BCUT2D eigenvalue weighted by atomic mass is 19.4. The molecule has 1 aromatic rings. The molecular formula is C16H21F3N4O2. The second-order valence-corrected chi connectivity index (χ2v) is 6.20. The molecule has 0 aliphatic carbocycles. The van der Waals surface area contributed by atoms with Gasteiger partial charge in [-0.25, -0.2) is 9.78 Å². The van der Waals surface area contributed by atoms with Gasteiger partial charge in [0.2, 0.25) is 0 Å². The van der Waals surface area contributed by atoms with E-state index in [0.717, 1.165) is 0 Å². The Morgan fingerprint density at radius 2 is 2.00 bits per heavy atom. The van der Waals surface area contributed by atoms with Crippen molar-refractivity contribution in [2.75, 3.05) is 17.2 Å². The summed E-state index contributed by atoms with van der Waals surface area (Å²) in [5, 5.41) is 12.5. The van der Waals surface area contributed by atoms with Gasteiger partial charge in [-0.3, -0.25) is 5.32 Å². The van der Waals surface area contributed by atoms with Gasteiger partial charge in [-0.05, 0) is 33.8 Å².